The molecule has 8 heteroatoms. The molecular weight excluding hydrogens is 247 g/mol. The third-order valence-electron chi connectivity index (χ3n) is 2.65. The summed E-state index contributed by atoms with van der Waals surface area (Å²) in [6, 6.07) is 0. The van der Waals surface area contributed by atoms with Crippen LogP contribution in [0.1, 0.15) is 26.7 Å². The molecule has 0 unspecified atom stereocenters. The van der Waals surface area contributed by atoms with Crippen molar-refractivity contribution >= 4 is 5.91 Å². The van der Waals surface area contributed by atoms with Crippen molar-refractivity contribution in [2.75, 3.05) is 6.54 Å². The van der Waals surface area contributed by atoms with Gasteiger partial charge in [-0.1, -0.05) is 13.8 Å². The highest BCUT2D eigenvalue weighted by Crippen LogP contribution is 2.35. The Balaban J connectivity index is 4.58. The van der Waals surface area contributed by atoms with Gasteiger partial charge in [-0.15, -0.1) is 0 Å². The van der Waals surface area contributed by atoms with Crippen molar-refractivity contribution in [1.82, 2.24) is 5.32 Å². The van der Waals surface area contributed by atoms with Gasteiger partial charge >= 0.3 is 12.1 Å². The highest BCUT2D eigenvalue weighted by atomic mass is 19.4. The van der Waals surface area contributed by atoms with Crippen molar-refractivity contribution in [3.8, 4) is 0 Å². The predicted octanol–water partition coefficient (Wildman–Crippen LogP) is 1.82. The standard InChI is InChI=1S/C9H15F5N2O/c1-3-7(15,4-2)5-16-6(17)8(10,11)9(12,13)14/h3-5,15H2,1-2H3,(H,16,17). The molecule has 3 N–H and O–H groups in total. The van der Waals surface area contributed by atoms with Gasteiger partial charge in [-0.2, -0.15) is 22.0 Å². The minimum atomic E-state index is -5.90. The molecule has 0 aromatic rings. The number of carbonyl (C=O) groups is 1. The fraction of sp³-hybridized carbons (Fsp3) is 0.889. The van der Waals surface area contributed by atoms with E-state index in [2.05, 4.69) is 0 Å². The molecule has 17 heavy (non-hydrogen) atoms. The molecule has 3 nitrogen and oxygen atoms in total. The average molecular weight is 262 g/mol. The van der Waals surface area contributed by atoms with Crippen molar-refractivity contribution in [2.24, 2.45) is 5.73 Å². The Labute approximate surface area is 95.5 Å². The maximum Gasteiger partial charge on any atom is 0.463 e. The highest BCUT2D eigenvalue weighted by molar-refractivity contribution is 5.84. The summed E-state index contributed by atoms with van der Waals surface area (Å²) in [5.41, 5.74) is 4.68. The SMILES string of the molecule is CCC(N)(CC)CNC(=O)C(F)(F)C(F)(F)F. The lowest BCUT2D eigenvalue weighted by molar-refractivity contribution is -0.269. The Morgan fingerprint density at radius 2 is 1.53 bits per heavy atom. The van der Waals surface area contributed by atoms with E-state index < -0.39 is 30.1 Å². The Bertz CT molecular complexity index is 273. The van der Waals surface area contributed by atoms with E-state index in [-0.39, 0.29) is 0 Å². The van der Waals surface area contributed by atoms with E-state index in [0.29, 0.717) is 12.8 Å². The number of rotatable bonds is 5. The molecule has 0 saturated heterocycles. The van der Waals surface area contributed by atoms with E-state index in [1.165, 1.54) is 5.32 Å². The van der Waals surface area contributed by atoms with Crippen LogP contribution in [0.4, 0.5) is 22.0 Å². The molecular formula is C9H15F5N2O. The predicted molar refractivity (Wildman–Crippen MR) is 51.5 cm³/mol. The summed E-state index contributed by atoms with van der Waals surface area (Å²) in [5.74, 6) is -7.77. The van der Waals surface area contributed by atoms with Crippen LogP contribution in [-0.4, -0.2) is 30.1 Å². The summed E-state index contributed by atoms with van der Waals surface area (Å²) in [6.45, 7) is 2.87. The highest BCUT2D eigenvalue weighted by Gasteiger charge is 2.63. The Morgan fingerprint density at radius 1 is 1.12 bits per heavy atom. The van der Waals surface area contributed by atoms with Crippen molar-refractivity contribution in [3.63, 3.8) is 0 Å². The van der Waals surface area contributed by atoms with Crippen LogP contribution in [-0.2, 0) is 4.79 Å². The number of hydrogen-bond donors (Lipinski definition) is 2. The smallest absolute Gasteiger partial charge is 0.349 e. The van der Waals surface area contributed by atoms with Crippen molar-refractivity contribution < 1.29 is 26.7 Å². The first-order chi connectivity index (χ1) is 7.50. The van der Waals surface area contributed by atoms with Gasteiger partial charge in [0.25, 0.3) is 5.91 Å². The van der Waals surface area contributed by atoms with Gasteiger partial charge < -0.3 is 11.1 Å². The summed E-state index contributed by atoms with van der Waals surface area (Å²) < 4.78 is 60.5. The molecule has 0 aliphatic rings. The lowest BCUT2D eigenvalue weighted by atomic mass is 9.94. The van der Waals surface area contributed by atoms with Crippen LogP contribution in [0.15, 0.2) is 0 Å². The lowest BCUT2D eigenvalue weighted by Crippen LogP contribution is -2.56. The van der Waals surface area contributed by atoms with Crippen LogP contribution in [0.3, 0.4) is 0 Å². The maximum atomic E-state index is 12.5. The Kier molecular flexibility index (Phi) is 4.88. The van der Waals surface area contributed by atoms with Crippen LogP contribution in [0.5, 0.6) is 0 Å². The minimum absolute atomic E-state index is 0.349. The third kappa shape index (κ3) is 3.79. The fourth-order valence-electron chi connectivity index (χ4n) is 0.996. The first kappa shape index (κ1) is 16.1. The number of halogens is 5. The van der Waals surface area contributed by atoms with Gasteiger partial charge in [0.2, 0.25) is 0 Å². The van der Waals surface area contributed by atoms with E-state index in [9.17, 15) is 26.7 Å². The van der Waals surface area contributed by atoms with Gasteiger partial charge in [0, 0.05) is 12.1 Å². The van der Waals surface area contributed by atoms with E-state index in [0.717, 1.165) is 0 Å². The van der Waals surface area contributed by atoms with Crippen molar-refractivity contribution in [2.45, 2.75) is 44.3 Å². The molecule has 0 rings (SSSR count). The molecule has 0 aromatic carbocycles. The minimum Gasteiger partial charge on any atom is -0.349 e. The Morgan fingerprint density at radius 3 is 1.82 bits per heavy atom. The van der Waals surface area contributed by atoms with Crippen LogP contribution < -0.4 is 11.1 Å². The second kappa shape index (κ2) is 5.16. The number of carbonyl (C=O) groups excluding carboxylic acids is 1. The molecule has 0 spiro atoms. The molecule has 0 aliphatic carbocycles. The van der Waals surface area contributed by atoms with Crippen molar-refractivity contribution in [1.29, 1.82) is 0 Å². The van der Waals surface area contributed by atoms with Gasteiger partial charge in [0.1, 0.15) is 0 Å². The number of alkyl halides is 5. The number of nitrogens with two attached hydrogens (primary N) is 1. The third-order valence-corrected chi connectivity index (χ3v) is 2.65. The quantitative estimate of drug-likeness (QED) is 0.742. The van der Waals surface area contributed by atoms with Crippen LogP contribution >= 0.6 is 0 Å². The van der Waals surface area contributed by atoms with Crippen LogP contribution in [0.25, 0.3) is 0 Å². The number of hydrogen-bond acceptors (Lipinski definition) is 2. The molecule has 0 aliphatic heterocycles. The second-order valence-corrected chi connectivity index (χ2v) is 3.82. The molecule has 0 aromatic heterocycles. The largest absolute Gasteiger partial charge is 0.463 e. The maximum absolute atomic E-state index is 12.5. The zero-order chi connectivity index (χ0) is 13.9. The van der Waals surface area contributed by atoms with Crippen LogP contribution in [0.2, 0.25) is 0 Å². The number of amides is 1. The summed E-state index contributed by atoms with van der Waals surface area (Å²) in [7, 11) is 0. The summed E-state index contributed by atoms with van der Waals surface area (Å²) in [5, 5.41) is 1.54. The van der Waals surface area contributed by atoms with E-state index in [1.54, 1.807) is 13.8 Å². The fourth-order valence-corrected chi connectivity index (χ4v) is 0.996. The molecule has 0 fully saturated rings. The summed E-state index contributed by atoms with van der Waals surface area (Å²) in [6.07, 6.45) is -5.20. The molecule has 102 valence electrons. The van der Waals surface area contributed by atoms with Gasteiger partial charge in [-0.25, -0.2) is 0 Å². The van der Waals surface area contributed by atoms with E-state index in [1.807, 2.05) is 0 Å². The van der Waals surface area contributed by atoms with E-state index >= 15 is 0 Å². The van der Waals surface area contributed by atoms with Gasteiger partial charge in [-0.05, 0) is 12.8 Å². The number of nitrogens with one attached hydrogen (secondary N) is 1. The molecule has 1 amide bonds. The second-order valence-electron chi connectivity index (χ2n) is 3.82. The first-order valence-corrected chi connectivity index (χ1v) is 5.02. The summed E-state index contributed by atoms with van der Waals surface area (Å²) in [4.78, 5) is 10.8. The molecule has 0 heterocycles. The van der Waals surface area contributed by atoms with E-state index in [4.69, 9.17) is 5.73 Å². The monoisotopic (exact) mass is 262 g/mol. The molecule has 0 atom stereocenters. The normalized spacial score (nSPS) is 13.6. The van der Waals surface area contributed by atoms with Crippen LogP contribution in [0, 0.1) is 0 Å². The average Bonchev–Trinajstić information content (AvgIpc) is 2.23. The Hall–Kier alpha value is -0.920. The topological polar surface area (TPSA) is 55.1 Å². The summed E-state index contributed by atoms with van der Waals surface area (Å²) >= 11 is 0. The van der Waals surface area contributed by atoms with Gasteiger partial charge in [-0.3, -0.25) is 4.79 Å². The molecule has 0 bridgehead atoms. The first-order valence-electron chi connectivity index (χ1n) is 5.02. The lowest BCUT2D eigenvalue weighted by Gasteiger charge is -2.28. The van der Waals surface area contributed by atoms with Gasteiger partial charge in [0.05, 0.1) is 0 Å². The molecule has 0 radical (unpaired) electrons. The zero-order valence-corrected chi connectivity index (χ0v) is 9.50. The van der Waals surface area contributed by atoms with Crippen molar-refractivity contribution in [3.05, 3.63) is 0 Å². The molecule has 0 saturated carbocycles. The van der Waals surface area contributed by atoms with Gasteiger partial charge in [0.15, 0.2) is 0 Å². The zero-order valence-electron chi connectivity index (χ0n) is 9.50.